The third kappa shape index (κ3) is 1.33. The Balaban J connectivity index is 2.43. The molecule has 4 nitrogen and oxygen atoms in total. The maximum absolute atomic E-state index is 5.63. The van der Waals surface area contributed by atoms with Crippen LogP contribution in [0.5, 0.6) is 0 Å². The Morgan fingerprint density at radius 3 is 2.92 bits per heavy atom. The van der Waals surface area contributed by atoms with Crippen molar-refractivity contribution in [3.8, 4) is 10.8 Å². The summed E-state index contributed by atoms with van der Waals surface area (Å²) >= 11 is 6.95. The number of aryl methyl sites for hydroxylation is 1. The van der Waals surface area contributed by atoms with Crippen molar-refractivity contribution in [2.24, 2.45) is 0 Å². The van der Waals surface area contributed by atoms with E-state index in [4.69, 9.17) is 16.1 Å². The summed E-state index contributed by atoms with van der Waals surface area (Å²) in [5, 5.41) is 3.65. The van der Waals surface area contributed by atoms with E-state index < -0.39 is 0 Å². The van der Waals surface area contributed by atoms with Crippen molar-refractivity contribution in [1.82, 2.24) is 15.1 Å². The molecule has 0 N–H and O–H groups in total. The van der Waals surface area contributed by atoms with Crippen LogP contribution in [0.3, 0.4) is 0 Å². The first-order chi connectivity index (χ1) is 5.75. The molecular formula is C6H4ClN3OS. The van der Waals surface area contributed by atoms with Crippen LogP contribution in [0.2, 0.25) is 4.47 Å². The van der Waals surface area contributed by atoms with Crippen molar-refractivity contribution in [2.75, 3.05) is 0 Å². The standard InChI is InChI=1S/C6H4ClN3OS/c1-3-9-5(11-10-3)4-2-8-6(7)12-4/h2H,1H3. The summed E-state index contributed by atoms with van der Waals surface area (Å²) < 4.78 is 5.39. The van der Waals surface area contributed by atoms with Gasteiger partial charge in [-0.15, -0.1) is 0 Å². The fourth-order valence-corrected chi connectivity index (χ4v) is 1.61. The Morgan fingerprint density at radius 2 is 2.42 bits per heavy atom. The molecule has 0 aliphatic heterocycles. The molecule has 0 unspecified atom stereocenters. The molecule has 0 saturated heterocycles. The van der Waals surface area contributed by atoms with Crippen molar-refractivity contribution < 1.29 is 4.52 Å². The molecule has 0 aliphatic rings. The van der Waals surface area contributed by atoms with Crippen LogP contribution in [-0.4, -0.2) is 15.1 Å². The van der Waals surface area contributed by atoms with Gasteiger partial charge in [-0.25, -0.2) is 4.98 Å². The van der Waals surface area contributed by atoms with E-state index in [9.17, 15) is 0 Å². The Labute approximate surface area is 77.2 Å². The summed E-state index contributed by atoms with van der Waals surface area (Å²) in [7, 11) is 0. The fraction of sp³-hybridized carbons (Fsp3) is 0.167. The van der Waals surface area contributed by atoms with E-state index in [0.717, 1.165) is 4.88 Å². The molecule has 0 amide bonds. The zero-order valence-electron chi connectivity index (χ0n) is 6.11. The molecule has 2 rings (SSSR count). The van der Waals surface area contributed by atoms with Crippen LogP contribution in [0, 0.1) is 6.92 Å². The average Bonchev–Trinajstić information content (AvgIpc) is 2.58. The van der Waals surface area contributed by atoms with Gasteiger partial charge in [0.25, 0.3) is 5.89 Å². The van der Waals surface area contributed by atoms with Crippen LogP contribution >= 0.6 is 22.9 Å². The maximum atomic E-state index is 5.63. The topological polar surface area (TPSA) is 51.8 Å². The van der Waals surface area contributed by atoms with Gasteiger partial charge in [-0.05, 0) is 6.92 Å². The van der Waals surface area contributed by atoms with E-state index in [2.05, 4.69) is 15.1 Å². The molecule has 12 heavy (non-hydrogen) atoms. The summed E-state index contributed by atoms with van der Waals surface area (Å²) in [6.07, 6.45) is 1.61. The van der Waals surface area contributed by atoms with Gasteiger partial charge in [0, 0.05) is 0 Å². The van der Waals surface area contributed by atoms with Crippen molar-refractivity contribution >= 4 is 22.9 Å². The van der Waals surface area contributed by atoms with Crippen LogP contribution in [-0.2, 0) is 0 Å². The number of halogens is 1. The van der Waals surface area contributed by atoms with Gasteiger partial charge in [0.2, 0.25) is 0 Å². The monoisotopic (exact) mass is 201 g/mol. The molecule has 2 aromatic heterocycles. The lowest BCUT2D eigenvalue weighted by Crippen LogP contribution is -1.72. The summed E-state index contributed by atoms with van der Waals surface area (Å²) in [6, 6.07) is 0. The number of nitrogens with zero attached hydrogens (tertiary/aromatic N) is 3. The Bertz CT molecular complexity index is 359. The highest BCUT2D eigenvalue weighted by atomic mass is 35.5. The molecule has 6 heteroatoms. The summed E-state index contributed by atoms with van der Waals surface area (Å²) in [5.74, 6) is 1.08. The lowest BCUT2D eigenvalue weighted by molar-refractivity contribution is 0.426. The Kier molecular flexibility index (Phi) is 1.82. The number of hydrogen-bond acceptors (Lipinski definition) is 5. The minimum Gasteiger partial charge on any atom is -0.333 e. The van der Waals surface area contributed by atoms with E-state index in [1.165, 1.54) is 11.3 Å². The normalized spacial score (nSPS) is 10.5. The molecule has 0 aromatic carbocycles. The van der Waals surface area contributed by atoms with Gasteiger partial charge in [0.15, 0.2) is 10.3 Å². The highest BCUT2D eigenvalue weighted by Crippen LogP contribution is 2.26. The van der Waals surface area contributed by atoms with Crippen molar-refractivity contribution in [3.63, 3.8) is 0 Å². The zero-order chi connectivity index (χ0) is 8.55. The second kappa shape index (κ2) is 2.84. The number of aromatic nitrogens is 3. The van der Waals surface area contributed by atoms with Crippen LogP contribution < -0.4 is 0 Å². The molecule has 2 aromatic rings. The Morgan fingerprint density at radius 1 is 1.58 bits per heavy atom. The van der Waals surface area contributed by atoms with E-state index in [-0.39, 0.29) is 0 Å². The van der Waals surface area contributed by atoms with Crippen molar-refractivity contribution in [3.05, 3.63) is 16.5 Å². The fourth-order valence-electron chi connectivity index (χ4n) is 0.749. The van der Waals surface area contributed by atoms with Crippen LogP contribution in [0.15, 0.2) is 10.7 Å². The minimum absolute atomic E-state index is 0.469. The highest BCUT2D eigenvalue weighted by molar-refractivity contribution is 7.18. The van der Waals surface area contributed by atoms with Gasteiger partial charge in [0.1, 0.15) is 4.88 Å². The highest BCUT2D eigenvalue weighted by Gasteiger charge is 2.09. The molecule has 0 fully saturated rings. The molecule has 0 bridgehead atoms. The van der Waals surface area contributed by atoms with E-state index in [0.29, 0.717) is 16.2 Å². The van der Waals surface area contributed by atoms with Crippen molar-refractivity contribution in [2.45, 2.75) is 6.92 Å². The smallest absolute Gasteiger partial charge is 0.269 e. The maximum Gasteiger partial charge on any atom is 0.269 e. The van der Waals surface area contributed by atoms with Gasteiger partial charge in [-0.3, -0.25) is 0 Å². The lowest BCUT2D eigenvalue weighted by atomic mass is 10.5. The molecule has 0 saturated carbocycles. The van der Waals surface area contributed by atoms with Gasteiger partial charge >= 0.3 is 0 Å². The van der Waals surface area contributed by atoms with Crippen molar-refractivity contribution in [1.29, 1.82) is 0 Å². The number of hydrogen-bond donors (Lipinski definition) is 0. The van der Waals surface area contributed by atoms with Gasteiger partial charge in [0.05, 0.1) is 6.20 Å². The van der Waals surface area contributed by atoms with E-state index in [1.807, 2.05) is 0 Å². The van der Waals surface area contributed by atoms with E-state index in [1.54, 1.807) is 13.1 Å². The lowest BCUT2D eigenvalue weighted by Gasteiger charge is -1.79. The second-order valence-electron chi connectivity index (χ2n) is 2.12. The summed E-state index contributed by atoms with van der Waals surface area (Å²) in [5.41, 5.74) is 0. The van der Waals surface area contributed by atoms with Crippen LogP contribution in [0.25, 0.3) is 10.8 Å². The molecule has 0 spiro atoms. The number of thiazole rings is 1. The molecule has 0 aliphatic carbocycles. The minimum atomic E-state index is 0.469. The molecular weight excluding hydrogens is 198 g/mol. The largest absolute Gasteiger partial charge is 0.333 e. The SMILES string of the molecule is Cc1noc(-c2cnc(Cl)s2)n1. The molecule has 0 radical (unpaired) electrons. The van der Waals surface area contributed by atoms with Crippen LogP contribution in [0.1, 0.15) is 5.82 Å². The number of rotatable bonds is 1. The first-order valence-electron chi connectivity index (χ1n) is 3.18. The first kappa shape index (κ1) is 7.70. The first-order valence-corrected chi connectivity index (χ1v) is 4.37. The third-order valence-electron chi connectivity index (χ3n) is 1.22. The second-order valence-corrected chi connectivity index (χ2v) is 3.74. The summed E-state index contributed by atoms with van der Waals surface area (Å²) in [6.45, 7) is 1.76. The van der Waals surface area contributed by atoms with Gasteiger partial charge in [-0.1, -0.05) is 28.1 Å². The van der Waals surface area contributed by atoms with E-state index >= 15 is 0 Å². The van der Waals surface area contributed by atoms with Gasteiger partial charge < -0.3 is 4.52 Å². The predicted octanol–water partition coefficient (Wildman–Crippen LogP) is 2.15. The van der Waals surface area contributed by atoms with Gasteiger partial charge in [-0.2, -0.15) is 4.98 Å². The quantitative estimate of drug-likeness (QED) is 0.710. The Hall–Kier alpha value is -0.940. The molecule has 0 atom stereocenters. The average molecular weight is 202 g/mol. The third-order valence-corrected chi connectivity index (χ3v) is 2.32. The van der Waals surface area contributed by atoms with Crippen LogP contribution in [0.4, 0.5) is 0 Å². The predicted molar refractivity (Wildman–Crippen MR) is 45.2 cm³/mol. The molecule has 2 heterocycles. The molecule has 62 valence electrons. The zero-order valence-corrected chi connectivity index (χ0v) is 7.69. The summed E-state index contributed by atoms with van der Waals surface area (Å²) in [4.78, 5) is 8.68.